The summed E-state index contributed by atoms with van der Waals surface area (Å²) in [5, 5.41) is 14.2. The van der Waals surface area contributed by atoms with Crippen molar-refractivity contribution in [2.24, 2.45) is 0 Å². The van der Waals surface area contributed by atoms with Crippen LogP contribution in [0.4, 0.5) is 11.4 Å². The number of nitrogens with zero attached hydrogens (tertiary/aromatic N) is 1. The second-order valence-corrected chi connectivity index (χ2v) is 5.70. The molecular formula is C16H16Cl2N2O5. The standard InChI is InChI=1S/C16H16Cl2N2O5/c1-23-13-5-4-9(15(24-2)16(13)25-3)8-19-14-11(17)6-10(20(21)22)7-12(14)18/h4-7,19H,8H2,1-3H3. The third-order valence-electron chi connectivity index (χ3n) is 3.48. The van der Waals surface area contributed by atoms with Crippen molar-refractivity contribution in [1.29, 1.82) is 0 Å². The van der Waals surface area contributed by atoms with E-state index < -0.39 is 4.92 Å². The Hall–Kier alpha value is -2.38. The molecule has 2 aromatic carbocycles. The molecule has 0 amide bonds. The lowest BCUT2D eigenvalue weighted by atomic mass is 10.1. The Labute approximate surface area is 154 Å². The number of methoxy groups -OCH3 is 3. The zero-order chi connectivity index (χ0) is 18.6. The van der Waals surface area contributed by atoms with Crippen molar-refractivity contribution in [2.45, 2.75) is 6.54 Å². The monoisotopic (exact) mass is 386 g/mol. The van der Waals surface area contributed by atoms with E-state index in [0.29, 0.717) is 29.5 Å². The van der Waals surface area contributed by atoms with Crippen LogP contribution < -0.4 is 19.5 Å². The highest BCUT2D eigenvalue weighted by Gasteiger charge is 2.18. The van der Waals surface area contributed by atoms with Gasteiger partial charge in [0.2, 0.25) is 5.75 Å². The van der Waals surface area contributed by atoms with Crippen LogP contribution in [0.2, 0.25) is 10.0 Å². The molecule has 0 aromatic heterocycles. The van der Waals surface area contributed by atoms with E-state index in [9.17, 15) is 10.1 Å². The molecule has 7 nitrogen and oxygen atoms in total. The molecule has 0 bridgehead atoms. The first-order valence-corrected chi connectivity index (χ1v) is 7.83. The van der Waals surface area contributed by atoms with Gasteiger partial charge in [-0.25, -0.2) is 0 Å². The van der Waals surface area contributed by atoms with E-state index in [0.717, 1.165) is 5.56 Å². The van der Waals surface area contributed by atoms with Gasteiger partial charge in [0.25, 0.3) is 5.69 Å². The highest BCUT2D eigenvalue weighted by Crippen LogP contribution is 2.41. The Morgan fingerprint density at radius 1 is 1.04 bits per heavy atom. The van der Waals surface area contributed by atoms with Gasteiger partial charge in [0, 0.05) is 24.2 Å². The van der Waals surface area contributed by atoms with Crippen LogP contribution in [0.3, 0.4) is 0 Å². The van der Waals surface area contributed by atoms with Gasteiger partial charge in [0.1, 0.15) is 0 Å². The number of rotatable bonds is 7. The SMILES string of the molecule is COc1ccc(CNc2c(Cl)cc([N+](=O)[O-])cc2Cl)c(OC)c1OC. The summed E-state index contributed by atoms with van der Waals surface area (Å²) in [6, 6.07) is 6.03. The maximum Gasteiger partial charge on any atom is 0.272 e. The van der Waals surface area contributed by atoms with E-state index in [-0.39, 0.29) is 15.7 Å². The summed E-state index contributed by atoms with van der Waals surface area (Å²) in [5.74, 6) is 1.50. The molecule has 0 radical (unpaired) electrons. The summed E-state index contributed by atoms with van der Waals surface area (Å²) < 4.78 is 16.0. The molecule has 0 fully saturated rings. The lowest BCUT2D eigenvalue weighted by Gasteiger charge is -2.17. The number of hydrogen-bond acceptors (Lipinski definition) is 6. The number of halogens is 2. The van der Waals surface area contributed by atoms with Crippen molar-refractivity contribution >= 4 is 34.6 Å². The highest BCUT2D eigenvalue weighted by molar-refractivity contribution is 6.39. The molecular weight excluding hydrogens is 371 g/mol. The lowest BCUT2D eigenvalue weighted by Crippen LogP contribution is -2.05. The van der Waals surface area contributed by atoms with Crippen molar-refractivity contribution in [3.05, 3.63) is 50.0 Å². The molecule has 0 heterocycles. The molecule has 0 atom stereocenters. The minimum atomic E-state index is -0.557. The van der Waals surface area contributed by atoms with Crippen molar-refractivity contribution in [1.82, 2.24) is 0 Å². The second kappa shape index (κ2) is 8.13. The third-order valence-corrected chi connectivity index (χ3v) is 4.08. The average Bonchev–Trinajstić information content (AvgIpc) is 2.59. The molecule has 0 saturated carbocycles. The van der Waals surface area contributed by atoms with Gasteiger partial charge in [-0.1, -0.05) is 23.2 Å². The zero-order valence-electron chi connectivity index (χ0n) is 13.8. The van der Waals surface area contributed by atoms with Crippen LogP contribution in [0.5, 0.6) is 17.2 Å². The van der Waals surface area contributed by atoms with Crippen LogP contribution in [0, 0.1) is 10.1 Å². The Kier molecular flexibility index (Phi) is 6.17. The number of non-ortho nitro benzene ring substituents is 1. The van der Waals surface area contributed by atoms with Crippen molar-refractivity contribution in [3.8, 4) is 17.2 Å². The number of nitro benzene ring substituents is 1. The van der Waals surface area contributed by atoms with E-state index in [1.807, 2.05) is 0 Å². The molecule has 9 heteroatoms. The summed E-state index contributed by atoms with van der Waals surface area (Å²) in [6.07, 6.45) is 0. The van der Waals surface area contributed by atoms with Gasteiger partial charge in [-0.2, -0.15) is 0 Å². The normalized spacial score (nSPS) is 10.3. The number of ether oxygens (including phenoxy) is 3. The fraction of sp³-hybridized carbons (Fsp3) is 0.250. The Morgan fingerprint density at radius 3 is 2.12 bits per heavy atom. The van der Waals surface area contributed by atoms with Crippen molar-refractivity contribution in [2.75, 3.05) is 26.6 Å². The topological polar surface area (TPSA) is 82.9 Å². The number of nitro groups is 1. The Balaban J connectivity index is 2.32. The molecule has 0 aliphatic heterocycles. The van der Waals surface area contributed by atoms with E-state index in [1.54, 1.807) is 12.1 Å². The van der Waals surface area contributed by atoms with Crippen molar-refractivity contribution in [3.63, 3.8) is 0 Å². The van der Waals surface area contributed by atoms with Crippen LogP contribution in [-0.2, 0) is 6.54 Å². The largest absolute Gasteiger partial charge is 0.493 e. The summed E-state index contributed by atoms with van der Waals surface area (Å²) in [6.45, 7) is 0.306. The van der Waals surface area contributed by atoms with E-state index in [1.165, 1.54) is 33.5 Å². The summed E-state index contributed by atoms with van der Waals surface area (Å²) >= 11 is 12.2. The molecule has 134 valence electrons. The smallest absolute Gasteiger partial charge is 0.272 e. The van der Waals surface area contributed by atoms with Gasteiger partial charge in [0.05, 0.1) is 42.0 Å². The number of hydrogen-bond donors (Lipinski definition) is 1. The first-order chi connectivity index (χ1) is 11.9. The van der Waals surface area contributed by atoms with E-state index >= 15 is 0 Å². The van der Waals surface area contributed by atoms with Crippen molar-refractivity contribution < 1.29 is 19.1 Å². The maximum absolute atomic E-state index is 10.8. The number of benzene rings is 2. The first kappa shape index (κ1) is 19.0. The lowest BCUT2D eigenvalue weighted by molar-refractivity contribution is -0.384. The quantitative estimate of drug-likeness (QED) is 0.555. The minimum Gasteiger partial charge on any atom is -0.493 e. The van der Waals surface area contributed by atoms with Gasteiger partial charge >= 0.3 is 0 Å². The van der Waals surface area contributed by atoms with Crippen LogP contribution in [0.25, 0.3) is 0 Å². The average molecular weight is 387 g/mol. The van der Waals surface area contributed by atoms with E-state index in [4.69, 9.17) is 37.4 Å². The van der Waals surface area contributed by atoms with Gasteiger partial charge in [0.15, 0.2) is 11.5 Å². The Bertz CT molecular complexity index is 775. The molecule has 2 rings (SSSR count). The molecule has 0 aliphatic rings. The highest BCUT2D eigenvalue weighted by atomic mass is 35.5. The summed E-state index contributed by atoms with van der Waals surface area (Å²) in [4.78, 5) is 10.3. The zero-order valence-corrected chi connectivity index (χ0v) is 15.3. The van der Waals surface area contributed by atoms with Gasteiger partial charge in [-0.15, -0.1) is 0 Å². The molecule has 0 unspecified atom stereocenters. The first-order valence-electron chi connectivity index (χ1n) is 7.08. The molecule has 0 aliphatic carbocycles. The van der Waals surface area contributed by atoms with Crippen LogP contribution in [-0.4, -0.2) is 26.3 Å². The van der Waals surface area contributed by atoms with Gasteiger partial charge in [-0.05, 0) is 12.1 Å². The van der Waals surface area contributed by atoms with Crippen LogP contribution in [0.15, 0.2) is 24.3 Å². The molecule has 2 aromatic rings. The predicted octanol–water partition coefficient (Wildman–Crippen LogP) is 4.54. The fourth-order valence-corrected chi connectivity index (χ4v) is 2.93. The second-order valence-electron chi connectivity index (χ2n) is 4.89. The Morgan fingerprint density at radius 2 is 1.64 bits per heavy atom. The van der Waals surface area contributed by atoms with Gasteiger partial charge < -0.3 is 19.5 Å². The van der Waals surface area contributed by atoms with Gasteiger partial charge in [-0.3, -0.25) is 10.1 Å². The predicted molar refractivity (Wildman–Crippen MR) is 96.5 cm³/mol. The van der Waals surface area contributed by atoms with E-state index in [2.05, 4.69) is 5.32 Å². The molecule has 25 heavy (non-hydrogen) atoms. The summed E-state index contributed by atoms with van der Waals surface area (Å²) in [7, 11) is 4.57. The fourth-order valence-electron chi connectivity index (χ4n) is 2.32. The molecule has 1 N–H and O–H groups in total. The van der Waals surface area contributed by atoms with Crippen LogP contribution >= 0.6 is 23.2 Å². The number of nitrogens with one attached hydrogen (secondary N) is 1. The summed E-state index contributed by atoms with van der Waals surface area (Å²) in [5.41, 5.74) is 0.987. The maximum atomic E-state index is 10.8. The molecule has 0 saturated heterocycles. The third kappa shape index (κ3) is 4.00. The molecule has 0 spiro atoms. The number of anilines is 1. The van der Waals surface area contributed by atoms with Crippen LogP contribution in [0.1, 0.15) is 5.56 Å². The minimum absolute atomic E-state index is 0.152.